The summed E-state index contributed by atoms with van der Waals surface area (Å²) in [5.41, 5.74) is 1.25. The molecule has 108 valence electrons. The van der Waals surface area contributed by atoms with E-state index < -0.39 is 10.0 Å². The number of benzene rings is 1. The van der Waals surface area contributed by atoms with Gasteiger partial charge in [0.1, 0.15) is 4.90 Å². The van der Waals surface area contributed by atoms with Crippen molar-refractivity contribution >= 4 is 38.1 Å². The van der Waals surface area contributed by atoms with Gasteiger partial charge in [-0.2, -0.15) is 0 Å². The number of sulfonamides is 1. The number of halogens is 1. The highest BCUT2D eigenvalue weighted by Gasteiger charge is 2.20. The summed E-state index contributed by atoms with van der Waals surface area (Å²) in [5.74, 6) is 0. The molecule has 0 bridgehead atoms. The second kappa shape index (κ2) is 5.69. The Hall–Kier alpha value is -1.15. The van der Waals surface area contributed by atoms with E-state index >= 15 is 0 Å². The van der Waals surface area contributed by atoms with Crippen LogP contribution in [0.3, 0.4) is 0 Å². The second-order valence-electron chi connectivity index (χ2n) is 4.19. The van der Waals surface area contributed by atoms with Gasteiger partial charge in [-0.15, -0.1) is 11.3 Å². The molecule has 0 amide bonds. The largest absolute Gasteiger partial charge is 0.392 e. The first-order valence-corrected chi connectivity index (χ1v) is 8.37. The second-order valence-corrected chi connectivity index (χ2v) is 7.45. The van der Waals surface area contributed by atoms with Gasteiger partial charge in [0.15, 0.2) is 5.13 Å². The average molecular weight is 333 g/mol. The molecule has 20 heavy (non-hydrogen) atoms. The van der Waals surface area contributed by atoms with Gasteiger partial charge in [-0.25, -0.2) is 13.4 Å². The third-order valence-corrected chi connectivity index (χ3v) is 5.66. The van der Waals surface area contributed by atoms with E-state index in [-0.39, 0.29) is 16.5 Å². The number of hydrogen-bond donors (Lipinski definition) is 2. The fourth-order valence-corrected chi connectivity index (χ4v) is 4.14. The maximum absolute atomic E-state index is 12.3. The fourth-order valence-electron chi connectivity index (χ4n) is 1.54. The first-order chi connectivity index (χ1) is 9.33. The van der Waals surface area contributed by atoms with Gasteiger partial charge in [0.25, 0.3) is 10.0 Å². The van der Waals surface area contributed by atoms with Crippen LogP contribution in [0.15, 0.2) is 23.1 Å². The molecular weight excluding hydrogens is 320 g/mol. The highest BCUT2D eigenvalue weighted by atomic mass is 35.5. The number of aliphatic hydroxyl groups is 1. The molecule has 0 saturated heterocycles. The van der Waals surface area contributed by atoms with E-state index in [0.29, 0.717) is 10.7 Å². The van der Waals surface area contributed by atoms with E-state index in [0.717, 1.165) is 10.6 Å². The Kier molecular flexibility index (Phi) is 4.33. The lowest BCUT2D eigenvalue weighted by Crippen LogP contribution is -2.13. The normalized spacial score (nSPS) is 11.6. The molecule has 0 atom stereocenters. The van der Waals surface area contributed by atoms with Crippen LogP contribution in [0.25, 0.3) is 0 Å². The number of thiazole rings is 1. The number of rotatable bonds is 4. The Bertz CT molecular complexity index is 722. The molecule has 0 saturated carbocycles. The molecule has 0 fully saturated rings. The molecule has 1 heterocycles. The van der Waals surface area contributed by atoms with Crippen LogP contribution in [0.4, 0.5) is 5.13 Å². The third kappa shape index (κ3) is 3.12. The van der Waals surface area contributed by atoms with Crippen molar-refractivity contribution in [1.29, 1.82) is 0 Å². The lowest BCUT2D eigenvalue weighted by atomic mass is 10.2. The van der Waals surface area contributed by atoms with Crippen molar-refractivity contribution in [3.05, 3.63) is 39.4 Å². The number of hydrogen-bond acceptors (Lipinski definition) is 5. The molecule has 0 radical (unpaired) electrons. The van der Waals surface area contributed by atoms with E-state index in [1.165, 1.54) is 23.5 Å². The molecule has 1 aromatic carbocycles. The van der Waals surface area contributed by atoms with Crippen LogP contribution >= 0.6 is 22.9 Å². The smallest absolute Gasteiger partial charge is 0.265 e. The maximum atomic E-state index is 12.3. The van der Waals surface area contributed by atoms with Crippen LogP contribution in [-0.2, 0) is 16.6 Å². The van der Waals surface area contributed by atoms with E-state index in [4.69, 9.17) is 16.7 Å². The number of aryl methyl sites for hydroxylation is 2. The Morgan fingerprint density at radius 3 is 2.65 bits per heavy atom. The molecule has 8 heteroatoms. The minimum atomic E-state index is -3.83. The van der Waals surface area contributed by atoms with E-state index in [1.807, 2.05) is 13.8 Å². The molecule has 2 N–H and O–H groups in total. The van der Waals surface area contributed by atoms with Gasteiger partial charge in [0, 0.05) is 4.88 Å². The first kappa shape index (κ1) is 15.2. The highest BCUT2D eigenvalue weighted by Crippen LogP contribution is 2.27. The fraction of sp³-hybridized carbons (Fsp3) is 0.250. The zero-order valence-electron chi connectivity index (χ0n) is 10.8. The predicted octanol–water partition coefficient (Wildman–Crippen LogP) is 2.71. The van der Waals surface area contributed by atoms with Crippen molar-refractivity contribution < 1.29 is 13.5 Å². The topological polar surface area (TPSA) is 79.3 Å². The van der Waals surface area contributed by atoms with Gasteiger partial charge in [0.2, 0.25) is 0 Å². The summed E-state index contributed by atoms with van der Waals surface area (Å²) >= 11 is 7.18. The highest BCUT2D eigenvalue weighted by molar-refractivity contribution is 7.93. The molecule has 0 aliphatic carbocycles. The monoisotopic (exact) mass is 332 g/mol. The van der Waals surface area contributed by atoms with Gasteiger partial charge < -0.3 is 5.11 Å². The number of nitrogens with one attached hydrogen (secondary N) is 1. The van der Waals surface area contributed by atoms with Crippen LogP contribution in [0.1, 0.15) is 16.1 Å². The van der Waals surface area contributed by atoms with Crippen molar-refractivity contribution in [2.45, 2.75) is 25.3 Å². The van der Waals surface area contributed by atoms with E-state index in [9.17, 15) is 8.42 Å². The molecule has 0 aliphatic rings. The molecule has 5 nitrogen and oxygen atoms in total. The summed E-state index contributed by atoms with van der Waals surface area (Å²) in [6.07, 6.45) is 0. The predicted molar refractivity (Wildman–Crippen MR) is 79.8 cm³/mol. The van der Waals surface area contributed by atoms with E-state index in [2.05, 4.69) is 9.71 Å². The molecule has 0 unspecified atom stereocenters. The molecule has 2 aromatic rings. The summed E-state index contributed by atoms with van der Waals surface area (Å²) < 4.78 is 27.0. The van der Waals surface area contributed by atoms with Gasteiger partial charge in [-0.1, -0.05) is 17.7 Å². The zero-order chi connectivity index (χ0) is 14.9. The summed E-state index contributed by atoms with van der Waals surface area (Å²) in [6, 6.07) is 4.36. The van der Waals surface area contributed by atoms with Gasteiger partial charge >= 0.3 is 0 Å². The van der Waals surface area contributed by atoms with Crippen LogP contribution in [-0.4, -0.2) is 18.5 Å². The summed E-state index contributed by atoms with van der Waals surface area (Å²) in [5, 5.41) is 9.47. The minimum Gasteiger partial charge on any atom is -0.392 e. The van der Waals surface area contributed by atoms with Crippen LogP contribution < -0.4 is 4.72 Å². The summed E-state index contributed by atoms with van der Waals surface area (Å²) in [7, 11) is -3.83. The van der Waals surface area contributed by atoms with Crippen molar-refractivity contribution in [3.8, 4) is 0 Å². The SMILES string of the molecule is Cc1nc(NS(=O)(=O)c2cc(CO)ccc2Cl)sc1C. The molecule has 0 aliphatic heterocycles. The summed E-state index contributed by atoms with van der Waals surface area (Å²) in [6.45, 7) is 3.42. The van der Waals surface area contributed by atoms with Gasteiger partial charge in [0.05, 0.1) is 17.3 Å². The van der Waals surface area contributed by atoms with E-state index in [1.54, 1.807) is 6.07 Å². The number of aliphatic hydroxyl groups excluding tert-OH is 1. The Balaban J connectivity index is 2.40. The lowest BCUT2D eigenvalue weighted by Gasteiger charge is -2.08. The number of anilines is 1. The van der Waals surface area contributed by atoms with Gasteiger partial charge in [-0.05, 0) is 31.5 Å². The van der Waals surface area contributed by atoms with Crippen molar-refractivity contribution in [2.24, 2.45) is 0 Å². The Morgan fingerprint density at radius 1 is 1.40 bits per heavy atom. The molecule has 2 rings (SSSR count). The van der Waals surface area contributed by atoms with Crippen molar-refractivity contribution in [3.63, 3.8) is 0 Å². The number of nitrogens with zero attached hydrogens (tertiary/aromatic N) is 1. The standard InChI is InChI=1S/C12H13ClN2O3S2/c1-7-8(2)19-12(14-7)15-20(17,18)11-5-9(6-16)3-4-10(11)13/h3-5,16H,6H2,1-2H3,(H,14,15). The number of aromatic nitrogens is 1. The third-order valence-electron chi connectivity index (χ3n) is 2.72. The zero-order valence-corrected chi connectivity index (χ0v) is 13.2. The minimum absolute atomic E-state index is 0.0729. The van der Waals surface area contributed by atoms with Crippen molar-refractivity contribution in [1.82, 2.24) is 4.98 Å². The van der Waals surface area contributed by atoms with Crippen LogP contribution in [0.2, 0.25) is 5.02 Å². The average Bonchev–Trinajstić information content (AvgIpc) is 2.67. The molecule has 1 aromatic heterocycles. The summed E-state index contributed by atoms with van der Waals surface area (Å²) in [4.78, 5) is 5.00. The lowest BCUT2D eigenvalue weighted by molar-refractivity contribution is 0.281. The molecule has 0 spiro atoms. The molecular formula is C12H13ClN2O3S2. The van der Waals surface area contributed by atoms with Crippen molar-refractivity contribution in [2.75, 3.05) is 4.72 Å². The maximum Gasteiger partial charge on any atom is 0.265 e. The van der Waals surface area contributed by atoms with Crippen LogP contribution in [0.5, 0.6) is 0 Å². The van der Waals surface area contributed by atoms with Gasteiger partial charge in [-0.3, -0.25) is 4.72 Å². The quantitative estimate of drug-likeness (QED) is 0.902. The Labute approximate surface area is 126 Å². The van der Waals surface area contributed by atoms with Crippen LogP contribution in [0, 0.1) is 13.8 Å². The first-order valence-electron chi connectivity index (χ1n) is 5.69. The Morgan fingerprint density at radius 2 is 2.10 bits per heavy atom.